The molecule has 0 unspecified atom stereocenters. The minimum absolute atomic E-state index is 0.0916. The molecule has 0 spiro atoms. The van der Waals surface area contributed by atoms with Crippen molar-refractivity contribution in [1.29, 1.82) is 0 Å². The van der Waals surface area contributed by atoms with Crippen molar-refractivity contribution >= 4 is 44.3 Å². The average Bonchev–Trinajstić information content (AvgIpc) is 2.94. The van der Waals surface area contributed by atoms with Gasteiger partial charge in [-0.1, -0.05) is 40.2 Å². The molecular formula is C35H34BrF5N2O4. The summed E-state index contributed by atoms with van der Waals surface area (Å²) in [5.74, 6) is -4.80. The number of ether oxygens (including phenoxy) is 2. The van der Waals surface area contributed by atoms with Crippen molar-refractivity contribution in [2.75, 3.05) is 0 Å². The van der Waals surface area contributed by atoms with E-state index in [1.165, 1.54) is 18.2 Å². The second-order valence-corrected chi connectivity index (χ2v) is 14.8. The minimum atomic E-state index is -4.99. The summed E-state index contributed by atoms with van der Waals surface area (Å²) in [5.41, 5.74) is -1.08. The van der Waals surface area contributed by atoms with Crippen LogP contribution in [0.1, 0.15) is 92.4 Å². The molecule has 4 aliphatic rings. The van der Waals surface area contributed by atoms with Gasteiger partial charge in [0.15, 0.2) is 0 Å². The van der Waals surface area contributed by atoms with Crippen LogP contribution in [-0.2, 0) is 9.53 Å². The Labute approximate surface area is 277 Å². The maximum Gasteiger partial charge on any atom is 0.573 e. The van der Waals surface area contributed by atoms with Gasteiger partial charge in [0.25, 0.3) is 5.91 Å². The van der Waals surface area contributed by atoms with E-state index in [1.54, 1.807) is 58.0 Å². The van der Waals surface area contributed by atoms with Gasteiger partial charge in [-0.2, -0.15) is 0 Å². The molecule has 1 heterocycles. The number of para-hydroxylation sites is 1. The largest absolute Gasteiger partial charge is 0.573 e. The molecule has 0 saturated heterocycles. The standard InChI is InChI=1S/C35H34BrF5N2O4/c1-19-27(23-15-21(36)9-10-25(23)42-28(19)20-16-34(37,38)17-20)29(44)43-33-13-11-32(12-14-33,30(45)47-31(2,3)4)18-24(33)22-7-5-6-8-26(22)46-35(39,40)41/h5-10,15,18,20H,11-14,16-17H2,1-4H3,(H,43,44). The van der Waals surface area contributed by atoms with E-state index in [0.29, 0.717) is 32.2 Å². The van der Waals surface area contributed by atoms with Crippen LogP contribution in [0.4, 0.5) is 22.0 Å². The Bertz CT molecular complexity index is 1800. The molecule has 2 saturated carbocycles. The van der Waals surface area contributed by atoms with Gasteiger partial charge in [0.05, 0.1) is 22.0 Å². The van der Waals surface area contributed by atoms with Crippen LogP contribution in [-0.4, -0.2) is 40.3 Å². The number of hydrogen-bond acceptors (Lipinski definition) is 5. The molecule has 1 N–H and O–H groups in total. The Hall–Kier alpha value is -3.54. The molecule has 47 heavy (non-hydrogen) atoms. The molecule has 0 atom stereocenters. The lowest BCUT2D eigenvalue weighted by Crippen LogP contribution is -2.58. The molecule has 1 aromatic heterocycles. The van der Waals surface area contributed by atoms with E-state index < -0.39 is 52.4 Å². The van der Waals surface area contributed by atoms with E-state index in [1.807, 2.05) is 0 Å². The van der Waals surface area contributed by atoms with Crippen molar-refractivity contribution in [2.45, 2.75) is 95.6 Å². The fourth-order valence-electron chi connectivity index (χ4n) is 7.20. The van der Waals surface area contributed by atoms with Crippen molar-refractivity contribution in [3.8, 4) is 5.75 Å². The third kappa shape index (κ3) is 6.37. The summed E-state index contributed by atoms with van der Waals surface area (Å²) < 4.78 is 79.4. The number of rotatable bonds is 6. The number of aromatic nitrogens is 1. The van der Waals surface area contributed by atoms with Crippen molar-refractivity contribution in [1.82, 2.24) is 10.3 Å². The molecule has 0 aliphatic heterocycles. The Morgan fingerprint density at radius 2 is 1.66 bits per heavy atom. The minimum Gasteiger partial charge on any atom is -0.459 e. The van der Waals surface area contributed by atoms with Gasteiger partial charge in [-0.3, -0.25) is 14.6 Å². The van der Waals surface area contributed by atoms with Gasteiger partial charge in [-0.05, 0) is 88.8 Å². The zero-order valence-electron chi connectivity index (χ0n) is 26.3. The maximum absolute atomic E-state index is 14.5. The number of pyridine rings is 1. The summed E-state index contributed by atoms with van der Waals surface area (Å²) in [5, 5.41) is 3.66. The number of nitrogens with one attached hydrogen (secondary N) is 1. The zero-order valence-corrected chi connectivity index (χ0v) is 27.9. The van der Waals surface area contributed by atoms with Crippen LogP contribution in [0.5, 0.6) is 5.75 Å². The van der Waals surface area contributed by atoms with Gasteiger partial charge >= 0.3 is 12.3 Å². The van der Waals surface area contributed by atoms with Crippen molar-refractivity contribution in [2.24, 2.45) is 5.41 Å². The number of halogens is 6. The topological polar surface area (TPSA) is 77.5 Å². The number of carbonyl (C=O) groups excluding carboxylic acids is 2. The second kappa shape index (κ2) is 11.3. The van der Waals surface area contributed by atoms with Crippen molar-refractivity contribution in [3.63, 3.8) is 0 Å². The zero-order chi connectivity index (χ0) is 34.2. The van der Waals surface area contributed by atoms with Gasteiger partial charge < -0.3 is 14.8 Å². The number of carbonyl (C=O) groups is 2. The first-order chi connectivity index (χ1) is 21.8. The number of benzene rings is 2. The molecule has 12 heteroatoms. The smallest absolute Gasteiger partial charge is 0.459 e. The van der Waals surface area contributed by atoms with Gasteiger partial charge in [0.2, 0.25) is 5.92 Å². The highest BCUT2D eigenvalue weighted by Gasteiger charge is 2.56. The number of fused-ring (bicyclic) bond motifs is 3. The molecule has 6 nitrogen and oxygen atoms in total. The first kappa shape index (κ1) is 33.4. The van der Waals surface area contributed by atoms with Gasteiger partial charge in [0, 0.05) is 39.9 Å². The number of hydrogen-bond donors (Lipinski definition) is 1. The molecular weight excluding hydrogens is 687 g/mol. The van der Waals surface area contributed by atoms with Crippen LogP contribution in [0.2, 0.25) is 0 Å². The van der Waals surface area contributed by atoms with Gasteiger partial charge in [0.1, 0.15) is 11.4 Å². The summed E-state index contributed by atoms with van der Waals surface area (Å²) >= 11 is 3.45. The van der Waals surface area contributed by atoms with Crippen molar-refractivity contribution < 1.29 is 41.0 Å². The first-order valence-electron chi connectivity index (χ1n) is 15.4. The number of alkyl halides is 5. The van der Waals surface area contributed by atoms with E-state index in [-0.39, 0.29) is 49.7 Å². The Morgan fingerprint density at radius 1 is 1.00 bits per heavy atom. The number of esters is 1. The fourth-order valence-corrected chi connectivity index (χ4v) is 7.56. The summed E-state index contributed by atoms with van der Waals surface area (Å²) in [7, 11) is 0. The van der Waals surface area contributed by atoms with Crippen molar-refractivity contribution in [3.05, 3.63) is 75.4 Å². The van der Waals surface area contributed by atoms with E-state index in [0.717, 1.165) is 0 Å². The third-order valence-electron chi connectivity index (χ3n) is 9.43. The SMILES string of the molecule is Cc1c(C2CC(F)(F)C2)nc2ccc(Br)cc2c1C(=O)NC12CCC(C(=O)OC(C)(C)C)(C=C1c1ccccc1OC(F)(F)F)CC2. The van der Waals surface area contributed by atoms with Gasteiger partial charge in [-0.15, -0.1) is 13.2 Å². The van der Waals surface area contributed by atoms with E-state index in [9.17, 15) is 31.5 Å². The molecule has 3 aromatic rings. The van der Waals surface area contributed by atoms with Crippen LogP contribution in [0.3, 0.4) is 0 Å². The molecule has 1 amide bonds. The first-order valence-corrected chi connectivity index (χ1v) is 16.2. The molecule has 2 bridgehead atoms. The summed E-state index contributed by atoms with van der Waals surface area (Å²) in [6.45, 7) is 6.92. The fraction of sp³-hybridized carbons (Fsp3) is 0.457. The Morgan fingerprint density at radius 3 is 2.28 bits per heavy atom. The molecule has 250 valence electrons. The second-order valence-electron chi connectivity index (χ2n) is 13.9. The Balaban J connectivity index is 1.47. The molecule has 2 fully saturated rings. The summed E-state index contributed by atoms with van der Waals surface area (Å²) in [6.07, 6.45) is -3.04. The summed E-state index contributed by atoms with van der Waals surface area (Å²) in [4.78, 5) is 32.8. The summed E-state index contributed by atoms with van der Waals surface area (Å²) in [6, 6.07) is 10.8. The highest BCUT2D eigenvalue weighted by Crippen LogP contribution is 2.56. The van der Waals surface area contributed by atoms with E-state index in [2.05, 4.69) is 31.0 Å². The number of nitrogens with zero attached hydrogens (tertiary/aromatic N) is 1. The predicted molar refractivity (Wildman–Crippen MR) is 169 cm³/mol. The average molecular weight is 722 g/mol. The molecule has 2 aromatic carbocycles. The highest BCUT2D eigenvalue weighted by molar-refractivity contribution is 9.10. The van der Waals surface area contributed by atoms with Crippen LogP contribution in [0.15, 0.2) is 53.0 Å². The van der Waals surface area contributed by atoms with Crippen LogP contribution in [0, 0.1) is 12.3 Å². The normalized spacial score (nSPS) is 24.0. The predicted octanol–water partition coefficient (Wildman–Crippen LogP) is 9.18. The lowest BCUT2D eigenvalue weighted by molar-refractivity contribution is -0.274. The monoisotopic (exact) mass is 720 g/mol. The molecule has 7 rings (SSSR count). The third-order valence-corrected chi connectivity index (χ3v) is 9.92. The van der Waals surface area contributed by atoms with Crippen LogP contribution >= 0.6 is 15.9 Å². The molecule has 4 aliphatic carbocycles. The maximum atomic E-state index is 14.5. The van der Waals surface area contributed by atoms with E-state index in [4.69, 9.17) is 4.74 Å². The highest BCUT2D eigenvalue weighted by atomic mass is 79.9. The lowest BCUT2D eigenvalue weighted by Gasteiger charge is -2.52. The Kier molecular flexibility index (Phi) is 8.00. The number of amides is 1. The lowest BCUT2D eigenvalue weighted by atomic mass is 9.57. The van der Waals surface area contributed by atoms with Crippen LogP contribution < -0.4 is 10.1 Å². The quantitative estimate of drug-likeness (QED) is 0.203. The van der Waals surface area contributed by atoms with Gasteiger partial charge in [-0.25, -0.2) is 8.78 Å². The molecule has 0 radical (unpaired) electrons. The van der Waals surface area contributed by atoms with E-state index >= 15 is 0 Å². The van der Waals surface area contributed by atoms with Crippen LogP contribution in [0.25, 0.3) is 16.5 Å².